The smallest absolute Gasteiger partial charge is 0.220 e. The molecule has 0 aliphatic carbocycles. The molecular weight excluding hydrogens is 208 g/mol. The molecule has 1 unspecified atom stereocenters. The van der Waals surface area contributed by atoms with Crippen LogP contribution in [0.25, 0.3) is 0 Å². The van der Waals surface area contributed by atoms with Gasteiger partial charge in [0.05, 0.1) is 0 Å². The molecule has 0 N–H and O–H groups in total. The zero-order valence-corrected chi connectivity index (χ0v) is 7.41. The number of ether oxygens (including phenoxy) is 1. The number of hydrogen-bond acceptors (Lipinski definition) is 3. The Morgan fingerprint density at radius 2 is 2.64 bits per heavy atom. The van der Waals surface area contributed by atoms with E-state index in [2.05, 4.69) is 25.9 Å². The largest absolute Gasteiger partial charge is 0.473 e. The van der Waals surface area contributed by atoms with Crippen molar-refractivity contribution in [1.82, 2.24) is 9.97 Å². The summed E-state index contributed by atoms with van der Waals surface area (Å²) in [6.45, 7) is 0. The van der Waals surface area contributed by atoms with E-state index in [0.29, 0.717) is 0 Å². The van der Waals surface area contributed by atoms with Gasteiger partial charge in [-0.25, -0.2) is 9.97 Å². The van der Waals surface area contributed by atoms with Crippen molar-refractivity contribution < 1.29 is 4.74 Å². The molecule has 1 atom stereocenters. The van der Waals surface area contributed by atoms with Gasteiger partial charge in [0.1, 0.15) is 12.4 Å². The number of aromatic nitrogens is 2. The Balaban J connectivity index is 2.27. The second kappa shape index (κ2) is 2.77. The van der Waals surface area contributed by atoms with Crippen LogP contribution in [0.2, 0.25) is 0 Å². The third kappa shape index (κ3) is 1.22. The van der Waals surface area contributed by atoms with Crippen LogP contribution in [0.5, 0.6) is 5.88 Å². The lowest BCUT2D eigenvalue weighted by Crippen LogP contribution is -2.13. The van der Waals surface area contributed by atoms with Gasteiger partial charge in [-0.1, -0.05) is 15.9 Å². The summed E-state index contributed by atoms with van der Waals surface area (Å²) in [6.07, 6.45) is 4.48. The fourth-order valence-electron chi connectivity index (χ4n) is 1.12. The number of rotatable bonds is 1. The summed E-state index contributed by atoms with van der Waals surface area (Å²) < 4.78 is 5.46. The van der Waals surface area contributed by atoms with Gasteiger partial charge < -0.3 is 4.74 Å². The van der Waals surface area contributed by atoms with Gasteiger partial charge in [0.25, 0.3) is 0 Å². The summed E-state index contributed by atoms with van der Waals surface area (Å²) in [5.74, 6) is 0.740. The van der Waals surface area contributed by atoms with E-state index in [1.54, 1.807) is 0 Å². The third-order valence-electron chi connectivity index (χ3n) is 1.64. The summed E-state index contributed by atoms with van der Waals surface area (Å²) in [5.41, 5.74) is 1.11. The number of halogens is 1. The Labute approximate surface area is 72.9 Å². The fraction of sp³-hybridized carbons (Fsp3) is 0.429. The number of alkyl halides is 1. The molecule has 0 bridgehead atoms. The number of hydrogen-bond donors (Lipinski definition) is 0. The lowest BCUT2D eigenvalue weighted by atomic mass is 10.2. The van der Waals surface area contributed by atoms with Gasteiger partial charge in [0.15, 0.2) is 0 Å². The molecule has 0 aromatic carbocycles. The molecule has 1 aromatic heterocycles. The van der Waals surface area contributed by atoms with Gasteiger partial charge in [-0.3, -0.25) is 0 Å². The Hall–Kier alpha value is -0.640. The van der Waals surface area contributed by atoms with E-state index in [-0.39, 0.29) is 6.10 Å². The maximum absolute atomic E-state index is 5.46. The Kier molecular flexibility index (Phi) is 1.77. The minimum Gasteiger partial charge on any atom is -0.473 e. The average Bonchev–Trinajstić information content (AvgIpc) is 2.46. The first-order valence-electron chi connectivity index (χ1n) is 3.41. The van der Waals surface area contributed by atoms with Crippen LogP contribution in [-0.4, -0.2) is 21.4 Å². The van der Waals surface area contributed by atoms with Crippen LogP contribution in [0.3, 0.4) is 0 Å². The van der Waals surface area contributed by atoms with Crippen molar-refractivity contribution in [3.8, 4) is 5.88 Å². The van der Waals surface area contributed by atoms with Crippen molar-refractivity contribution >= 4 is 15.9 Å². The van der Waals surface area contributed by atoms with Gasteiger partial charge in [-0.15, -0.1) is 0 Å². The second-order valence-corrected chi connectivity index (χ2v) is 3.10. The molecule has 1 aromatic rings. The third-order valence-corrected chi connectivity index (χ3v) is 2.37. The quantitative estimate of drug-likeness (QED) is 0.659. The normalized spacial score (nSPS) is 21.0. The second-order valence-electron chi connectivity index (χ2n) is 2.45. The highest BCUT2D eigenvalue weighted by Gasteiger charge is 2.22. The SMILES string of the molecule is BrCC1Cc2cncnc2O1. The van der Waals surface area contributed by atoms with Crippen LogP contribution in [0.1, 0.15) is 5.56 Å². The zero-order valence-electron chi connectivity index (χ0n) is 5.83. The van der Waals surface area contributed by atoms with Crippen LogP contribution >= 0.6 is 15.9 Å². The predicted octanol–water partition coefficient (Wildman–Crippen LogP) is 1.18. The highest BCUT2D eigenvalue weighted by atomic mass is 79.9. The van der Waals surface area contributed by atoms with Gasteiger partial charge in [-0.05, 0) is 0 Å². The van der Waals surface area contributed by atoms with Crippen molar-refractivity contribution in [2.45, 2.75) is 12.5 Å². The molecule has 0 spiro atoms. The van der Waals surface area contributed by atoms with Crippen LogP contribution < -0.4 is 4.74 Å². The topological polar surface area (TPSA) is 35.0 Å². The monoisotopic (exact) mass is 214 g/mol. The van der Waals surface area contributed by atoms with E-state index in [1.807, 2.05) is 6.20 Å². The molecule has 0 amide bonds. The molecule has 2 heterocycles. The highest BCUT2D eigenvalue weighted by Crippen LogP contribution is 2.25. The highest BCUT2D eigenvalue weighted by molar-refractivity contribution is 9.09. The van der Waals surface area contributed by atoms with Crippen LogP contribution in [0.15, 0.2) is 12.5 Å². The van der Waals surface area contributed by atoms with Crippen LogP contribution in [0, 0.1) is 0 Å². The lowest BCUT2D eigenvalue weighted by molar-refractivity contribution is 0.252. The standard InChI is InChI=1S/C7H7BrN2O/c8-2-6-1-5-3-9-4-10-7(5)11-6/h3-4,6H,1-2H2. The Bertz CT molecular complexity index is 241. The molecular formula is C7H7BrN2O. The molecule has 0 fully saturated rings. The van der Waals surface area contributed by atoms with Crippen molar-refractivity contribution in [1.29, 1.82) is 0 Å². The Morgan fingerprint density at radius 1 is 1.73 bits per heavy atom. The number of nitrogens with zero attached hydrogens (tertiary/aromatic N) is 2. The first-order valence-corrected chi connectivity index (χ1v) is 4.54. The summed E-state index contributed by atoms with van der Waals surface area (Å²) in [5, 5.41) is 0.851. The van der Waals surface area contributed by atoms with E-state index in [4.69, 9.17) is 4.74 Å². The van der Waals surface area contributed by atoms with Gasteiger partial charge >= 0.3 is 0 Å². The summed E-state index contributed by atoms with van der Waals surface area (Å²) in [6, 6.07) is 0. The van der Waals surface area contributed by atoms with E-state index >= 15 is 0 Å². The van der Waals surface area contributed by atoms with Gasteiger partial charge in [0, 0.05) is 23.5 Å². The summed E-state index contributed by atoms with van der Waals surface area (Å²) in [7, 11) is 0. The molecule has 11 heavy (non-hydrogen) atoms. The maximum atomic E-state index is 5.46. The molecule has 4 heteroatoms. The maximum Gasteiger partial charge on any atom is 0.220 e. The van der Waals surface area contributed by atoms with E-state index in [9.17, 15) is 0 Å². The molecule has 58 valence electrons. The van der Waals surface area contributed by atoms with Crippen LogP contribution in [0.4, 0.5) is 0 Å². The molecule has 0 saturated heterocycles. The number of fused-ring (bicyclic) bond motifs is 1. The van der Waals surface area contributed by atoms with Crippen molar-refractivity contribution in [3.63, 3.8) is 0 Å². The van der Waals surface area contributed by atoms with E-state index in [0.717, 1.165) is 23.2 Å². The molecule has 1 aliphatic heterocycles. The average molecular weight is 215 g/mol. The van der Waals surface area contributed by atoms with Gasteiger partial charge in [-0.2, -0.15) is 0 Å². The van der Waals surface area contributed by atoms with Crippen molar-refractivity contribution in [2.75, 3.05) is 5.33 Å². The van der Waals surface area contributed by atoms with E-state index in [1.165, 1.54) is 6.33 Å². The summed E-state index contributed by atoms with van der Waals surface area (Å²) >= 11 is 3.36. The van der Waals surface area contributed by atoms with Crippen molar-refractivity contribution in [2.24, 2.45) is 0 Å². The van der Waals surface area contributed by atoms with E-state index < -0.39 is 0 Å². The van der Waals surface area contributed by atoms with Crippen molar-refractivity contribution in [3.05, 3.63) is 18.1 Å². The molecule has 0 radical (unpaired) electrons. The first kappa shape index (κ1) is 7.03. The molecule has 1 aliphatic rings. The first-order chi connectivity index (χ1) is 5.40. The zero-order chi connectivity index (χ0) is 7.68. The summed E-state index contributed by atoms with van der Waals surface area (Å²) in [4.78, 5) is 7.92. The molecule has 0 saturated carbocycles. The Morgan fingerprint density at radius 3 is 3.36 bits per heavy atom. The minimum atomic E-state index is 0.238. The minimum absolute atomic E-state index is 0.238. The predicted molar refractivity (Wildman–Crippen MR) is 43.9 cm³/mol. The lowest BCUT2D eigenvalue weighted by Gasteiger charge is -2.03. The fourth-order valence-corrected chi connectivity index (χ4v) is 1.49. The molecule has 3 nitrogen and oxygen atoms in total. The molecule has 2 rings (SSSR count). The van der Waals surface area contributed by atoms with Gasteiger partial charge in [0.2, 0.25) is 5.88 Å². The van der Waals surface area contributed by atoms with Crippen LogP contribution in [-0.2, 0) is 6.42 Å².